The van der Waals surface area contributed by atoms with Gasteiger partial charge in [-0.15, -0.1) is 0 Å². The molecule has 0 spiro atoms. The zero-order valence-electron chi connectivity index (χ0n) is 13.9. The van der Waals surface area contributed by atoms with E-state index in [9.17, 15) is 9.59 Å². The molecule has 6 heteroatoms. The van der Waals surface area contributed by atoms with Gasteiger partial charge in [0.05, 0.1) is 12.5 Å². The number of benzene rings is 2. The lowest BCUT2D eigenvalue weighted by Crippen LogP contribution is -2.28. The van der Waals surface area contributed by atoms with Crippen LogP contribution in [0, 0.1) is 5.92 Å². The molecule has 1 N–H and O–H groups in total. The van der Waals surface area contributed by atoms with Gasteiger partial charge in [0.1, 0.15) is 5.75 Å². The summed E-state index contributed by atoms with van der Waals surface area (Å²) in [7, 11) is 0. The van der Waals surface area contributed by atoms with Gasteiger partial charge in [-0.05, 0) is 55.5 Å². The van der Waals surface area contributed by atoms with Gasteiger partial charge in [-0.25, -0.2) is 0 Å². The summed E-state index contributed by atoms with van der Waals surface area (Å²) in [4.78, 5) is 26.4. The fraction of sp³-hybridized carbons (Fsp3) is 0.263. The van der Waals surface area contributed by atoms with Gasteiger partial charge < -0.3 is 15.0 Å². The normalized spacial score (nSPS) is 16.8. The lowest BCUT2D eigenvalue weighted by atomic mass is 10.1. The van der Waals surface area contributed by atoms with Crippen molar-refractivity contribution in [2.24, 2.45) is 5.92 Å². The van der Waals surface area contributed by atoms with E-state index < -0.39 is 0 Å². The number of hydrogen-bond donors (Lipinski definition) is 1. The second-order valence-corrected chi connectivity index (χ2v) is 6.74. The zero-order chi connectivity index (χ0) is 17.8. The van der Waals surface area contributed by atoms with Crippen LogP contribution in [0.3, 0.4) is 0 Å². The molecule has 1 saturated heterocycles. The van der Waals surface area contributed by atoms with Crippen molar-refractivity contribution in [3.63, 3.8) is 0 Å². The maximum atomic E-state index is 12.5. The van der Waals surface area contributed by atoms with Crippen LogP contribution in [0.5, 0.6) is 5.75 Å². The van der Waals surface area contributed by atoms with E-state index in [-0.39, 0.29) is 24.2 Å². The van der Waals surface area contributed by atoms with Gasteiger partial charge in [-0.2, -0.15) is 0 Å². The highest BCUT2D eigenvalue weighted by atomic mass is 79.9. The van der Waals surface area contributed by atoms with Crippen LogP contribution < -0.4 is 15.0 Å². The number of rotatable bonds is 5. The molecule has 0 unspecified atom stereocenters. The second kappa shape index (κ2) is 7.70. The van der Waals surface area contributed by atoms with E-state index in [0.29, 0.717) is 18.8 Å². The SMILES string of the molecule is CCOc1ccc(NC(=O)[C@H]2CC(=O)N(c3ccc(Br)cc3)C2)cc1. The first-order valence-electron chi connectivity index (χ1n) is 8.16. The van der Waals surface area contributed by atoms with Crippen molar-refractivity contribution in [1.82, 2.24) is 0 Å². The highest BCUT2D eigenvalue weighted by Crippen LogP contribution is 2.27. The molecule has 1 atom stereocenters. The van der Waals surface area contributed by atoms with Gasteiger partial charge in [0, 0.05) is 28.8 Å². The fourth-order valence-electron chi connectivity index (χ4n) is 2.80. The molecule has 1 aliphatic heterocycles. The quantitative estimate of drug-likeness (QED) is 0.826. The predicted molar refractivity (Wildman–Crippen MR) is 101 cm³/mol. The Labute approximate surface area is 155 Å². The van der Waals surface area contributed by atoms with Gasteiger partial charge in [0.2, 0.25) is 11.8 Å². The Hall–Kier alpha value is -2.34. The molecule has 0 aromatic heterocycles. The molecule has 2 amide bonds. The van der Waals surface area contributed by atoms with E-state index >= 15 is 0 Å². The number of carbonyl (C=O) groups is 2. The second-order valence-electron chi connectivity index (χ2n) is 5.83. The van der Waals surface area contributed by atoms with Crippen molar-refractivity contribution in [1.29, 1.82) is 0 Å². The van der Waals surface area contributed by atoms with E-state index in [0.717, 1.165) is 15.9 Å². The van der Waals surface area contributed by atoms with Gasteiger partial charge in [0.25, 0.3) is 0 Å². The lowest BCUT2D eigenvalue weighted by Gasteiger charge is -2.17. The van der Waals surface area contributed by atoms with E-state index in [1.54, 1.807) is 17.0 Å². The van der Waals surface area contributed by atoms with Gasteiger partial charge in [0.15, 0.2) is 0 Å². The Bertz CT molecular complexity index is 759. The standard InChI is InChI=1S/C19H19BrN2O3/c1-2-25-17-9-5-15(6-10-17)21-19(24)13-11-18(23)22(12-13)16-7-3-14(20)4-8-16/h3-10,13H,2,11-12H2,1H3,(H,21,24)/t13-/m0/s1. The van der Waals surface area contributed by atoms with Gasteiger partial charge >= 0.3 is 0 Å². The maximum Gasteiger partial charge on any atom is 0.229 e. The van der Waals surface area contributed by atoms with Crippen molar-refractivity contribution < 1.29 is 14.3 Å². The minimum atomic E-state index is -0.359. The van der Waals surface area contributed by atoms with Crippen LogP contribution in [0.15, 0.2) is 53.0 Å². The Kier molecular flexibility index (Phi) is 5.38. The molecule has 0 aliphatic carbocycles. The Morgan fingerprint density at radius 1 is 1.20 bits per heavy atom. The fourth-order valence-corrected chi connectivity index (χ4v) is 3.06. The molecule has 0 radical (unpaired) electrons. The number of halogens is 1. The van der Waals surface area contributed by atoms with Crippen LogP contribution in [0.2, 0.25) is 0 Å². The van der Waals surface area contributed by atoms with Gasteiger partial charge in [-0.3, -0.25) is 9.59 Å². The summed E-state index contributed by atoms with van der Waals surface area (Å²) >= 11 is 3.38. The molecule has 1 fully saturated rings. The van der Waals surface area contributed by atoms with Crippen LogP contribution in [0.4, 0.5) is 11.4 Å². The molecule has 0 saturated carbocycles. The topological polar surface area (TPSA) is 58.6 Å². The Morgan fingerprint density at radius 3 is 2.52 bits per heavy atom. The number of anilines is 2. The predicted octanol–water partition coefficient (Wildman–Crippen LogP) is 3.84. The van der Waals surface area contributed by atoms with E-state index in [4.69, 9.17) is 4.74 Å². The van der Waals surface area contributed by atoms with E-state index in [2.05, 4.69) is 21.2 Å². The number of nitrogens with one attached hydrogen (secondary N) is 1. The third-order valence-electron chi connectivity index (χ3n) is 4.07. The third kappa shape index (κ3) is 4.20. The van der Waals surface area contributed by atoms with Crippen LogP contribution in [-0.4, -0.2) is 25.0 Å². The van der Waals surface area contributed by atoms with Crippen molar-refractivity contribution in [2.75, 3.05) is 23.4 Å². The maximum absolute atomic E-state index is 12.5. The first kappa shape index (κ1) is 17.5. The molecule has 3 rings (SSSR count). The molecule has 1 aliphatic rings. The van der Waals surface area contributed by atoms with Crippen molar-refractivity contribution in [3.05, 3.63) is 53.0 Å². The van der Waals surface area contributed by atoms with E-state index in [1.165, 1.54) is 0 Å². The molecule has 5 nitrogen and oxygen atoms in total. The summed E-state index contributed by atoms with van der Waals surface area (Å²) in [5, 5.41) is 2.87. The highest BCUT2D eigenvalue weighted by molar-refractivity contribution is 9.10. The van der Waals surface area contributed by atoms with Crippen LogP contribution in [0.1, 0.15) is 13.3 Å². The lowest BCUT2D eigenvalue weighted by molar-refractivity contribution is -0.122. The number of nitrogens with zero attached hydrogens (tertiary/aromatic N) is 1. The summed E-state index contributed by atoms with van der Waals surface area (Å²) < 4.78 is 6.34. The average Bonchev–Trinajstić information content (AvgIpc) is 3.00. The molecule has 2 aromatic carbocycles. The van der Waals surface area contributed by atoms with Gasteiger partial charge in [-0.1, -0.05) is 15.9 Å². The molecule has 2 aromatic rings. The van der Waals surface area contributed by atoms with E-state index in [1.807, 2.05) is 43.3 Å². The first-order chi connectivity index (χ1) is 12.1. The number of ether oxygens (including phenoxy) is 1. The number of hydrogen-bond acceptors (Lipinski definition) is 3. The molecule has 1 heterocycles. The molecular weight excluding hydrogens is 384 g/mol. The summed E-state index contributed by atoms with van der Waals surface area (Å²) in [5.74, 6) is 0.229. The Morgan fingerprint density at radius 2 is 1.88 bits per heavy atom. The minimum absolute atomic E-state index is 0.0332. The van der Waals surface area contributed by atoms with Crippen molar-refractivity contribution >= 4 is 39.1 Å². The van der Waals surface area contributed by atoms with Crippen LogP contribution in [0.25, 0.3) is 0 Å². The molecular formula is C19H19BrN2O3. The average molecular weight is 403 g/mol. The summed E-state index contributed by atoms with van der Waals surface area (Å²) in [6.07, 6.45) is 0.221. The number of carbonyl (C=O) groups excluding carboxylic acids is 2. The molecule has 25 heavy (non-hydrogen) atoms. The first-order valence-corrected chi connectivity index (χ1v) is 8.96. The summed E-state index contributed by atoms with van der Waals surface area (Å²) in [6.45, 7) is 2.91. The summed E-state index contributed by atoms with van der Waals surface area (Å²) in [5.41, 5.74) is 1.51. The summed E-state index contributed by atoms with van der Waals surface area (Å²) in [6, 6.07) is 14.7. The van der Waals surface area contributed by atoms with Crippen LogP contribution in [-0.2, 0) is 9.59 Å². The highest BCUT2D eigenvalue weighted by Gasteiger charge is 2.35. The molecule has 130 valence electrons. The minimum Gasteiger partial charge on any atom is -0.494 e. The smallest absolute Gasteiger partial charge is 0.229 e. The van der Waals surface area contributed by atoms with Crippen molar-refractivity contribution in [2.45, 2.75) is 13.3 Å². The zero-order valence-corrected chi connectivity index (χ0v) is 15.5. The van der Waals surface area contributed by atoms with Crippen LogP contribution >= 0.6 is 15.9 Å². The van der Waals surface area contributed by atoms with Crippen molar-refractivity contribution in [3.8, 4) is 5.75 Å². The largest absolute Gasteiger partial charge is 0.494 e. The third-order valence-corrected chi connectivity index (χ3v) is 4.60. The number of amides is 2. The molecule has 0 bridgehead atoms. The monoisotopic (exact) mass is 402 g/mol. The Balaban J connectivity index is 1.63.